The zero-order chi connectivity index (χ0) is 21.4. The zero-order valence-electron chi connectivity index (χ0n) is 17.3. The van der Waals surface area contributed by atoms with Crippen LogP contribution in [-0.2, 0) is 19.5 Å². The van der Waals surface area contributed by atoms with Gasteiger partial charge in [0, 0.05) is 17.0 Å². The third-order valence-electron chi connectivity index (χ3n) is 5.84. The van der Waals surface area contributed by atoms with Gasteiger partial charge in [-0.15, -0.1) is 0 Å². The molecule has 1 unspecified atom stereocenters. The van der Waals surface area contributed by atoms with E-state index in [0.717, 1.165) is 45.4 Å². The fraction of sp³-hybridized carbons (Fsp3) is 0.192. The molecule has 2 heterocycles. The molecule has 4 nitrogen and oxygen atoms in total. The van der Waals surface area contributed by atoms with Crippen LogP contribution in [0.5, 0.6) is 5.75 Å². The van der Waals surface area contributed by atoms with Crippen molar-refractivity contribution in [3.63, 3.8) is 0 Å². The largest absolute Gasteiger partial charge is 0.444 e. The van der Waals surface area contributed by atoms with E-state index in [0.29, 0.717) is 25.4 Å². The van der Waals surface area contributed by atoms with Crippen LogP contribution in [0.25, 0.3) is 22.1 Å². The second-order valence-electron chi connectivity index (χ2n) is 7.94. The van der Waals surface area contributed by atoms with Crippen molar-refractivity contribution in [3.05, 3.63) is 99.7 Å². The molecule has 5 heteroatoms. The quantitative estimate of drug-likeness (QED) is 0.510. The molecule has 0 aliphatic carbocycles. The van der Waals surface area contributed by atoms with E-state index < -0.39 is 0 Å². The molecule has 0 saturated carbocycles. The van der Waals surface area contributed by atoms with Crippen LogP contribution in [0.1, 0.15) is 23.6 Å². The van der Waals surface area contributed by atoms with E-state index in [1.54, 1.807) is 18.2 Å². The maximum absolute atomic E-state index is 13.3. The molecule has 1 N–H and O–H groups in total. The molecule has 0 fully saturated rings. The summed E-state index contributed by atoms with van der Waals surface area (Å²) in [7, 11) is 0. The van der Waals surface area contributed by atoms with Gasteiger partial charge >= 0.3 is 5.63 Å². The van der Waals surface area contributed by atoms with E-state index >= 15 is 0 Å². The Morgan fingerprint density at radius 1 is 1.03 bits per heavy atom. The maximum Gasteiger partial charge on any atom is 0.336 e. The molecule has 0 radical (unpaired) electrons. The first-order valence-electron chi connectivity index (χ1n) is 10.5. The van der Waals surface area contributed by atoms with Crippen molar-refractivity contribution in [2.45, 2.75) is 26.4 Å². The van der Waals surface area contributed by atoms with Gasteiger partial charge in [-0.25, -0.2) is 9.18 Å². The lowest BCUT2D eigenvalue weighted by Crippen LogP contribution is -3.10. The fourth-order valence-corrected chi connectivity index (χ4v) is 4.35. The number of hydrogen-bond donors (Lipinski definition) is 1. The minimum absolute atomic E-state index is 0.243. The Balaban J connectivity index is 1.62. The Labute approximate surface area is 179 Å². The number of benzene rings is 3. The van der Waals surface area contributed by atoms with Crippen molar-refractivity contribution in [2.24, 2.45) is 0 Å². The molecule has 4 aromatic rings. The SMILES string of the molecule is CCc1cc2c(-c3ccccc3)cc(=O)oc2c2c1OC[NH+](Cc1ccc(F)cc1)C2. The summed E-state index contributed by atoms with van der Waals surface area (Å²) in [5.41, 5.74) is 5.13. The minimum atomic E-state index is -0.372. The Kier molecular flexibility index (Phi) is 5.04. The van der Waals surface area contributed by atoms with Crippen LogP contribution in [0.4, 0.5) is 4.39 Å². The summed E-state index contributed by atoms with van der Waals surface area (Å²) in [6, 6.07) is 20.1. The third-order valence-corrected chi connectivity index (χ3v) is 5.84. The van der Waals surface area contributed by atoms with Crippen LogP contribution < -0.4 is 15.3 Å². The number of rotatable bonds is 4. The van der Waals surface area contributed by atoms with E-state index in [4.69, 9.17) is 9.15 Å². The number of ether oxygens (including phenoxy) is 1. The molecule has 5 rings (SSSR count). The molecular formula is C26H23FNO3+. The standard InChI is InChI=1S/C26H22FNO3/c1-2-18-12-22-21(19-6-4-3-5-7-19)13-24(29)31-26(22)23-15-28(16-30-25(18)23)14-17-8-10-20(27)11-9-17/h3-13H,2,14-16H2,1H3/p+1. The van der Waals surface area contributed by atoms with Crippen LogP contribution in [0, 0.1) is 5.82 Å². The summed E-state index contributed by atoms with van der Waals surface area (Å²) >= 11 is 0. The highest BCUT2D eigenvalue weighted by molar-refractivity contribution is 5.96. The van der Waals surface area contributed by atoms with Crippen molar-refractivity contribution in [2.75, 3.05) is 6.73 Å². The van der Waals surface area contributed by atoms with Gasteiger partial charge in [-0.3, -0.25) is 4.90 Å². The predicted molar refractivity (Wildman–Crippen MR) is 118 cm³/mol. The van der Waals surface area contributed by atoms with Gasteiger partial charge in [-0.1, -0.05) is 49.4 Å². The fourth-order valence-electron chi connectivity index (χ4n) is 4.35. The van der Waals surface area contributed by atoms with Gasteiger partial charge in [0.1, 0.15) is 24.7 Å². The molecule has 1 aliphatic heterocycles. The van der Waals surface area contributed by atoms with E-state index in [1.807, 2.05) is 30.3 Å². The summed E-state index contributed by atoms with van der Waals surface area (Å²) < 4.78 is 25.2. The molecular weight excluding hydrogens is 393 g/mol. The minimum Gasteiger partial charge on any atom is -0.444 e. The van der Waals surface area contributed by atoms with Crippen LogP contribution in [0.15, 0.2) is 75.9 Å². The highest BCUT2D eigenvalue weighted by atomic mass is 19.1. The number of quaternary nitrogens is 1. The van der Waals surface area contributed by atoms with Crippen molar-refractivity contribution < 1.29 is 18.4 Å². The maximum atomic E-state index is 13.3. The normalized spacial score (nSPS) is 15.5. The van der Waals surface area contributed by atoms with Crippen LogP contribution in [-0.4, -0.2) is 6.73 Å². The van der Waals surface area contributed by atoms with E-state index in [1.165, 1.54) is 17.0 Å². The summed E-state index contributed by atoms with van der Waals surface area (Å²) in [6.45, 7) is 3.97. The predicted octanol–water partition coefficient (Wildman–Crippen LogP) is 4.10. The summed E-state index contributed by atoms with van der Waals surface area (Å²) in [5, 5.41) is 0.924. The van der Waals surface area contributed by atoms with E-state index in [-0.39, 0.29) is 11.4 Å². The number of fused-ring (bicyclic) bond motifs is 3. The second-order valence-corrected chi connectivity index (χ2v) is 7.94. The monoisotopic (exact) mass is 416 g/mol. The first-order chi connectivity index (χ1) is 15.1. The second kappa shape index (κ2) is 8.00. The van der Waals surface area contributed by atoms with Gasteiger partial charge in [0.15, 0.2) is 5.58 Å². The summed E-state index contributed by atoms with van der Waals surface area (Å²) in [4.78, 5) is 13.6. The van der Waals surface area contributed by atoms with Crippen LogP contribution in [0.3, 0.4) is 0 Å². The van der Waals surface area contributed by atoms with Gasteiger partial charge in [0.2, 0.25) is 6.73 Å². The van der Waals surface area contributed by atoms with Crippen LogP contribution in [0.2, 0.25) is 0 Å². The number of hydrogen-bond acceptors (Lipinski definition) is 3. The molecule has 1 atom stereocenters. The zero-order valence-corrected chi connectivity index (χ0v) is 17.3. The molecule has 156 valence electrons. The van der Waals surface area contributed by atoms with Crippen molar-refractivity contribution in [1.29, 1.82) is 0 Å². The Morgan fingerprint density at radius 2 is 1.81 bits per heavy atom. The molecule has 1 aliphatic rings. The van der Waals surface area contributed by atoms with Crippen LogP contribution >= 0.6 is 0 Å². The lowest BCUT2D eigenvalue weighted by atomic mass is 9.95. The molecule has 0 spiro atoms. The molecule has 1 aromatic heterocycles. The first-order valence-corrected chi connectivity index (χ1v) is 10.5. The molecule has 3 aromatic carbocycles. The Bertz CT molecular complexity index is 1300. The molecule has 31 heavy (non-hydrogen) atoms. The molecule has 0 amide bonds. The number of aryl methyl sites for hydroxylation is 1. The Morgan fingerprint density at radius 3 is 2.55 bits per heavy atom. The van der Waals surface area contributed by atoms with Gasteiger partial charge < -0.3 is 9.15 Å². The summed E-state index contributed by atoms with van der Waals surface area (Å²) in [5.74, 6) is 0.582. The van der Waals surface area contributed by atoms with Crippen molar-refractivity contribution in [1.82, 2.24) is 0 Å². The Hall–Kier alpha value is -3.44. The topological polar surface area (TPSA) is 43.9 Å². The highest BCUT2D eigenvalue weighted by Crippen LogP contribution is 2.37. The molecule has 0 saturated heterocycles. The van der Waals surface area contributed by atoms with Gasteiger partial charge in [0.25, 0.3) is 0 Å². The van der Waals surface area contributed by atoms with E-state index in [9.17, 15) is 9.18 Å². The van der Waals surface area contributed by atoms with Gasteiger partial charge in [-0.05, 0) is 41.3 Å². The number of nitrogens with one attached hydrogen (secondary N) is 1. The van der Waals surface area contributed by atoms with Gasteiger partial charge in [-0.2, -0.15) is 0 Å². The average molecular weight is 416 g/mol. The number of halogens is 1. The average Bonchev–Trinajstić information content (AvgIpc) is 2.80. The van der Waals surface area contributed by atoms with E-state index in [2.05, 4.69) is 13.0 Å². The highest BCUT2D eigenvalue weighted by Gasteiger charge is 2.28. The van der Waals surface area contributed by atoms with Gasteiger partial charge in [0.05, 0.1) is 5.56 Å². The smallest absolute Gasteiger partial charge is 0.336 e. The molecule has 0 bridgehead atoms. The summed E-state index contributed by atoms with van der Waals surface area (Å²) in [6.07, 6.45) is 0.818. The first kappa shape index (κ1) is 19.5. The van der Waals surface area contributed by atoms with Crippen molar-refractivity contribution in [3.8, 4) is 16.9 Å². The lowest BCUT2D eigenvalue weighted by molar-refractivity contribution is -0.945. The van der Waals surface area contributed by atoms with Crippen molar-refractivity contribution >= 4 is 11.0 Å². The lowest BCUT2D eigenvalue weighted by Gasteiger charge is -2.28. The third kappa shape index (κ3) is 3.73.